The van der Waals surface area contributed by atoms with Crippen LogP contribution in [0.15, 0.2) is 131 Å². The van der Waals surface area contributed by atoms with Crippen LogP contribution in [0, 0.1) is 0 Å². The lowest BCUT2D eigenvalue weighted by Gasteiger charge is -2.34. The zero-order chi connectivity index (χ0) is 22.0. The normalized spacial score (nSPS) is 12.4. The Hall–Kier alpha value is -3.22. The van der Waals surface area contributed by atoms with Crippen molar-refractivity contribution in [1.82, 2.24) is 0 Å². The number of hydrogen-bond donors (Lipinski definition) is 0. The van der Waals surface area contributed by atoms with E-state index in [-0.39, 0.29) is 20.9 Å². The highest BCUT2D eigenvalue weighted by molar-refractivity contribution is 8.10. The molecule has 0 spiro atoms. The van der Waals surface area contributed by atoms with Gasteiger partial charge in [-0.05, 0) is 35.4 Å². The molecule has 0 saturated heterocycles. The Bertz CT molecular complexity index is 1260. The molecule has 0 aliphatic heterocycles. The first-order valence-electron chi connectivity index (χ1n) is 9.63. The van der Waals surface area contributed by atoms with Crippen LogP contribution >= 0.6 is 0 Å². The monoisotopic (exact) mass is 448 g/mol. The predicted octanol–water partition coefficient (Wildman–Crippen LogP) is 4.84. The average Bonchev–Trinajstić information content (AvgIpc) is 2.82. The summed E-state index contributed by atoms with van der Waals surface area (Å²) >= 11 is 0. The highest BCUT2D eigenvalue weighted by atomic mass is 32.3. The fourth-order valence-electron chi connectivity index (χ4n) is 3.78. The summed E-state index contributed by atoms with van der Waals surface area (Å²) in [7, 11) is -8.93. The van der Waals surface area contributed by atoms with E-state index in [0.29, 0.717) is 0 Å². The van der Waals surface area contributed by atoms with Crippen LogP contribution in [-0.4, -0.2) is 16.8 Å². The van der Waals surface area contributed by atoms with Gasteiger partial charge in [0.1, 0.15) is 0 Å². The molecule has 0 radical (unpaired) electrons. The molecule has 0 unspecified atom stereocenters. The Morgan fingerprint density at radius 3 is 0.935 bits per heavy atom. The number of benzene rings is 4. The van der Waals surface area contributed by atoms with E-state index in [1.807, 2.05) is 0 Å². The van der Waals surface area contributed by atoms with E-state index >= 15 is 0 Å². The van der Waals surface area contributed by atoms with Crippen LogP contribution in [0.2, 0.25) is 0 Å². The minimum absolute atomic E-state index is 0.0674. The molecule has 0 N–H and O–H groups in total. The van der Waals surface area contributed by atoms with Gasteiger partial charge in [0.15, 0.2) is 0 Å². The van der Waals surface area contributed by atoms with E-state index in [1.165, 1.54) is 24.3 Å². The standard InChI is InChI=1S/C25H20O4S2/c26-30(27,23-17-9-3-10-18-23)25(21-13-5-1-6-14-21,22-15-7-2-8-16-22)31(28,29)24-19-11-4-12-20-24/h1-20H. The Balaban J connectivity index is 2.22. The van der Waals surface area contributed by atoms with E-state index in [4.69, 9.17) is 0 Å². The van der Waals surface area contributed by atoms with Crippen molar-refractivity contribution < 1.29 is 16.8 Å². The smallest absolute Gasteiger partial charge is 0.221 e. The summed E-state index contributed by atoms with van der Waals surface area (Å²) < 4.78 is 54.8. The molecule has 0 aromatic heterocycles. The fraction of sp³-hybridized carbons (Fsp3) is 0.0400. The van der Waals surface area contributed by atoms with Crippen LogP contribution in [-0.2, 0) is 23.8 Å². The first-order chi connectivity index (χ1) is 14.9. The lowest BCUT2D eigenvalue weighted by molar-refractivity contribution is 0.558. The maximum atomic E-state index is 14.3. The maximum absolute atomic E-state index is 14.3. The van der Waals surface area contributed by atoms with E-state index in [0.717, 1.165) is 0 Å². The van der Waals surface area contributed by atoms with Gasteiger partial charge >= 0.3 is 0 Å². The van der Waals surface area contributed by atoms with Crippen LogP contribution in [0.25, 0.3) is 0 Å². The summed E-state index contributed by atoms with van der Waals surface area (Å²) in [6.45, 7) is 0. The molecule has 0 atom stereocenters. The summed E-state index contributed by atoms with van der Waals surface area (Å²) in [5.41, 5.74) is 0.322. The largest absolute Gasteiger partial charge is 0.231 e. The highest BCUT2D eigenvalue weighted by Gasteiger charge is 2.58. The second-order valence-electron chi connectivity index (χ2n) is 6.98. The van der Waals surface area contributed by atoms with Crippen molar-refractivity contribution in [3.05, 3.63) is 132 Å². The van der Waals surface area contributed by atoms with Crippen LogP contribution in [0.5, 0.6) is 0 Å². The first-order valence-corrected chi connectivity index (χ1v) is 12.6. The van der Waals surface area contributed by atoms with Crippen LogP contribution in [0.1, 0.15) is 11.1 Å². The molecule has 0 aliphatic rings. The molecule has 4 rings (SSSR count). The minimum atomic E-state index is -4.46. The average molecular weight is 449 g/mol. The second kappa shape index (κ2) is 8.13. The predicted molar refractivity (Wildman–Crippen MR) is 121 cm³/mol. The highest BCUT2D eigenvalue weighted by Crippen LogP contribution is 2.48. The molecular formula is C25H20O4S2. The van der Waals surface area contributed by atoms with Crippen LogP contribution < -0.4 is 0 Å². The molecule has 156 valence electrons. The third-order valence-electron chi connectivity index (χ3n) is 5.17. The lowest BCUT2D eigenvalue weighted by atomic mass is 10.0. The maximum Gasteiger partial charge on any atom is 0.231 e. The van der Waals surface area contributed by atoms with Gasteiger partial charge in [0.2, 0.25) is 23.8 Å². The van der Waals surface area contributed by atoms with Crippen molar-refractivity contribution in [2.75, 3.05) is 0 Å². The van der Waals surface area contributed by atoms with Crippen molar-refractivity contribution >= 4 is 19.7 Å². The van der Waals surface area contributed by atoms with E-state index < -0.39 is 23.8 Å². The summed E-state index contributed by atoms with van der Waals surface area (Å²) in [6, 6.07) is 31.7. The van der Waals surface area contributed by atoms with E-state index in [2.05, 4.69) is 0 Å². The molecule has 0 fully saturated rings. The Labute approximate surface area is 182 Å². The van der Waals surface area contributed by atoms with Gasteiger partial charge in [-0.3, -0.25) is 0 Å². The summed E-state index contributed by atoms with van der Waals surface area (Å²) in [6.07, 6.45) is 0. The first kappa shape index (κ1) is 21.0. The summed E-state index contributed by atoms with van der Waals surface area (Å²) in [4.78, 5) is -0.135. The zero-order valence-corrected chi connectivity index (χ0v) is 18.1. The Kier molecular flexibility index (Phi) is 5.52. The Morgan fingerprint density at radius 1 is 0.387 bits per heavy atom. The van der Waals surface area contributed by atoms with Crippen molar-refractivity contribution in [1.29, 1.82) is 0 Å². The topological polar surface area (TPSA) is 68.3 Å². The third kappa shape index (κ3) is 3.28. The van der Waals surface area contributed by atoms with Gasteiger partial charge in [0, 0.05) is 0 Å². The molecule has 6 heteroatoms. The van der Waals surface area contributed by atoms with Gasteiger partial charge in [0.25, 0.3) is 0 Å². The SMILES string of the molecule is O=S(=O)(c1ccccc1)C(c1ccccc1)(c1ccccc1)S(=O)(=O)c1ccccc1. The van der Waals surface area contributed by atoms with E-state index in [1.54, 1.807) is 97.1 Å². The molecule has 0 amide bonds. The quantitative estimate of drug-likeness (QED) is 0.423. The lowest BCUT2D eigenvalue weighted by Crippen LogP contribution is -2.44. The molecule has 4 nitrogen and oxygen atoms in total. The molecule has 0 saturated carbocycles. The number of sulfone groups is 2. The fourth-order valence-corrected chi connectivity index (χ4v) is 8.99. The van der Waals surface area contributed by atoms with Crippen molar-refractivity contribution in [2.45, 2.75) is 13.9 Å². The molecule has 31 heavy (non-hydrogen) atoms. The summed E-state index contributed by atoms with van der Waals surface area (Å²) in [5, 5.41) is 0. The molecule has 4 aromatic carbocycles. The number of rotatable bonds is 6. The third-order valence-corrected chi connectivity index (χ3v) is 10.7. The second-order valence-corrected chi connectivity index (χ2v) is 11.4. The molecule has 0 aliphatic carbocycles. The van der Waals surface area contributed by atoms with Crippen molar-refractivity contribution in [2.24, 2.45) is 0 Å². The van der Waals surface area contributed by atoms with Crippen LogP contribution in [0.3, 0.4) is 0 Å². The van der Waals surface area contributed by atoms with Crippen molar-refractivity contribution in [3.63, 3.8) is 0 Å². The molecule has 4 aromatic rings. The van der Waals surface area contributed by atoms with Gasteiger partial charge < -0.3 is 0 Å². The van der Waals surface area contributed by atoms with Gasteiger partial charge in [-0.2, -0.15) is 0 Å². The number of hydrogen-bond acceptors (Lipinski definition) is 4. The zero-order valence-electron chi connectivity index (χ0n) is 16.5. The minimum Gasteiger partial charge on any atom is -0.221 e. The Morgan fingerprint density at radius 2 is 0.645 bits per heavy atom. The van der Waals surface area contributed by atoms with E-state index in [9.17, 15) is 16.8 Å². The van der Waals surface area contributed by atoms with Gasteiger partial charge in [-0.15, -0.1) is 0 Å². The molecule has 0 bridgehead atoms. The van der Waals surface area contributed by atoms with Gasteiger partial charge in [0.05, 0.1) is 9.79 Å². The molecular weight excluding hydrogens is 428 g/mol. The van der Waals surface area contributed by atoms with Crippen LogP contribution in [0.4, 0.5) is 0 Å². The molecule has 0 heterocycles. The van der Waals surface area contributed by atoms with Crippen molar-refractivity contribution in [3.8, 4) is 0 Å². The summed E-state index contributed by atoms with van der Waals surface area (Å²) in [5.74, 6) is 0. The van der Waals surface area contributed by atoms with Gasteiger partial charge in [-0.25, -0.2) is 16.8 Å². The van der Waals surface area contributed by atoms with Gasteiger partial charge in [-0.1, -0.05) is 97.1 Å².